The second kappa shape index (κ2) is 8.66. The smallest absolute Gasteiger partial charge is 0.328 e. The Labute approximate surface area is 133 Å². The lowest BCUT2D eigenvalue weighted by molar-refractivity contribution is -0.131. The van der Waals surface area contributed by atoms with E-state index in [1.807, 2.05) is 23.9 Å². The Kier molecular flexibility index (Phi) is 7.56. The average Bonchev–Trinajstić information content (AvgIpc) is 2.34. The molecule has 0 bridgehead atoms. The van der Waals surface area contributed by atoms with Crippen LogP contribution < -0.4 is 4.74 Å². The molecule has 0 amide bonds. The quantitative estimate of drug-likeness (QED) is 0.534. The maximum absolute atomic E-state index is 10.5. The number of hydrogen-bond acceptors (Lipinski definition) is 3. The first-order valence-corrected chi connectivity index (χ1v) is 8.39. The number of thioether (sulfide) groups is 1. The van der Waals surface area contributed by atoms with E-state index in [0.29, 0.717) is 6.61 Å². The van der Waals surface area contributed by atoms with Gasteiger partial charge in [-0.1, -0.05) is 6.92 Å². The molecule has 0 saturated carbocycles. The molecule has 0 atom stereocenters. The standard InChI is InChI=1S/C13H14Br2O3S/c1-2-19-6-5-18-13-10(14)7-9(8-11(13)15)3-4-12(16)17/h3-4,7-8H,2,5-6H2,1H3,(H,16,17)/b4-3+. The molecule has 0 aliphatic carbocycles. The molecule has 1 aromatic rings. The molecule has 0 aliphatic heterocycles. The van der Waals surface area contributed by atoms with E-state index in [0.717, 1.165) is 37.8 Å². The Morgan fingerprint density at radius 2 is 2.05 bits per heavy atom. The summed E-state index contributed by atoms with van der Waals surface area (Å²) in [5.74, 6) is 1.79. The summed E-state index contributed by atoms with van der Waals surface area (Å²) >= 11 is 8.68. The normalized spacial score (nSPS) is 10.9. The number of benzene rings is 1. The van der Waals surface area contributed by atoms with Crippen molar-refractivity contribution in [2.75, 3.05) is 18.1 Å². The van der Waals surface area contributed by atoms with E-state index in [9.17, 15) is 4.79 Å². The highest BCUT2D eigenvalue weighted by Crippen LogP contribution is 2.35. The highest BCUT2D eigenvalue weighted by molar-refractivity contribution is 9.11. The van der Waals surface area contributed by atoms with Crippen molar-refractivity contribution in [3.8, 4) is 5.75 Å². The van der Waals surface area contributed by atoms with Gasteiger partial charge in [0.05, 0.1) is 15.6 Å². The summed E-state index contributed by atoms with van der Waals surface area (Å²) in [6.07, 6.45) is 2.64. The average molecular weight is 410 g/mol. The number of halogens is 2. The second-order valence-electron chi connectivity index (χ2n) is 3.53. The molecule has 1 N–H and O–H groups in total. The molecular formula is C13H14Br2O3S. The van der Waals surface area contributed by atoms with Crippen LogP contribution in [0.15, 0.2) is 27.2 Å². The summed E-state index contributed by atoms with van der Waals surface area (Å²) < 4.78 is 7.29. The van der Waals surface area contributed by atoms with Crippen molar-refractivity contribution in [3.05, 3.63) is 32.7 Å². The first-order valence-electron chi connectivity index (χ1n) is 5.65. The van der Waals surface area contributed by atoms with Gasteiger partial charge >= 0.3 is 5.97 Å². The summed E-state index contributed by atoms with van der Waals surface area (Å²) in [5, 5.41) is 8.60. The van der Waals surface area contributed by atoms with E-state index in [1.165, 1.54) is 6.08 Å². The third kappa shape index (κ3) is 6.01. The van der Waals surface area contributed by atoms with E-state index in [4.69, 9.17) is 9.84 Å². The minimum Gasteiger partial charge on any atom is -0.490 e. The highest BCUT2D eigenvalue weighted by Gasteiger charge is 2.08. The fraction of sp³-hybridized carbons (Fsp3) is 0.308. The summed E-state index contributed by atoms with van der Waals surface area (Å²) in [7, 11) is 0. The van der Waals surface area contributed by atoms with Crippen molar-refractivity contribution in [2.45, 2.75) is 6.92 Å². The number of ether oxygens (including phenoxy) is 1. The molecule has 104 valence electrons. The van der Waals surface area contributed by atoms with Gasteiger partial charge in [0.15, 0.2) is 0 Å². The molecule has 0 saturated heterocycles. The molecule has 3 nitrogen and oxygen atoms in total. The van der Waals surface area contributed by atoms with Crippen LogP contribution in [-0.2, 0) is 4.79 Å². The first kappa shape index (κ1) is 16.6. The summed E-state index contributed by atoms with van der Waals surface area (Å²) in [6.45, 7) is 2.75. The number of carboxylic acids is 1. The lowest BCUT2D eigenvalue weighted by Crippen LogP contribution is -2.01. The lowest BCUT2D eigenvalue weighted by Gasteiger charge is -2.11. The molecule has 1 aromatic carbocycles. The first-order chi connectivity index (χ1) is 9.04. The van der Waals surface area contributed by atoms with Crippen LogP contribution in [0.1, 0.15) is 12.5 Å². The van der Waals surface area contributed by atoms with E-state index >= 15 is 0 Å². The molecule has 1 rings (SSSR count). The number of rotatable bonds is 7. The predicted molar refractivity (Wildman–Crippen MR) is 87.0 cm³/mol. The Morgan fingerprint density at radius 3 is 2.58 bits per heavy atom. The van der Waals surface area contributed by atoms with Crippen LogP contribution in [0.3, 0.4) is 0 Å². The second-order valence-corrected chi connectivity index (χ2v) is 6.63. The predicted octanol–water partition coefficient (Wildman–Crippen LogP) is 4.44. The van der Waals surface area contributed by atoms with Gasteiger partial charge in [0.1, 0.15) is 5.75 Å². The maximum Gasteiger partial charge on any atom is 0.328 e. The SMILES string of the molecule is CCSCCOc1c(Br)cc(/C=C/C(=O)O)cc1Br. The molecule has 0 aromatic heterocycles. The van der Waals surface area contributed by atoms with Gasteiger partial charge in [-0.05, 0) is 61.4 Å². The van der Waals surface area contributed by atoms with Crippen LogP contribution in [0.25, 0.3) is 6.08 Å². The third-order valence-corrected chi connectivity index (χ3v) is 4.16. The maximum atomic E-state index is 10.5. The summed E-state index contributed by atoms with van der Waals surface area (Å²) in [6, 6.07) is 3.65. The molecule has 0 radical (unpaired) electrons. The van der Waals surface area contributed by atoms with E-state index in [2.05, 4.69) is 38.8 Å². The van der Waals surface area contributed by atoms with Gasteiger partial charge in [-0.2, -0.15) is 11.8 Å². The Balaban J connectivity index is 2.76. The number of carbonyl (C=O) groups is 1. The van der Waals surface area contributed by atoms with Crippen LogP contribution >= 0.6 is 43.6 Å². The fourth-order valence-corrected chi connectivity index (χ4v) is 3.27. The van der Waals surface area contributed by atoms with Crippen molar-refractivity contribution in [1.29, 1.82) is 0 Å². The largest absolute Gasteiger partial charge is 0.490 e. The topological polar surface area (TPSA) is 46.5 Å². The number of aliphatic carboxylic acids is 1. The Hall–Kier alpha value is -0.460. The van der Waals surface area contributed by atoms with Crippen LogP contribution in [-0.4, -0.2) is 29.2 Å². The number of carboxylic acid groups (broad SMARTS) is 1. The highest BCUT2D eigenvalue weighted by atomic mass is 79.9. The minimum absolute atomic E-state index is 0.639. The monoisotopic (exact) mass is 408 g/mol. The van der Waals surface area contributed by atoms with Crippen molar-refractivity contribution in [1.82, 2.24) is 0 Å². The lowest BCUT2D eigenvalue weighted by atomic mass is 10.2. The summed E-state index contributed by atoms with van der Waals surface area (Å²) in [4.78, 5) is 10.5. The zero-order valence-electron chi connectivity index (χ0n) is 10.4. The van der Waals surface area contributed by atoms with Crippen molar-refractivity contribution >= 4 is 55.7 Å². The van der Waals surface area contributed by atoms with Gasteiger partial charge in [-0.25, -0.2) is 4.79 Å². The molecule has 0 fully saturated rings. The summed E-state index contributed by atoms with van der Waals surface area (Å²) in [5.41, 5.74) is 0.788. The molecule has 0 unspecified atom stereocenters. The van der Waals surface area contributed by atoms with E-state index < -0.39 is 5.97 Å². The Bertz CT molecular complexity index is 452. The van der Waals surface area contributed by atoms with Crippen molar-refractivity contribution < 1.29 is 14.6 Å². The van der Waals surface area contributed by atoms with Gasteiger partial charge in [0.2, 0.25) is 0 Å². The minimum atomic E-state index is -0.968. The van der Waals surface area contributed by atoms with Gasteiger partial charge in [-0.3, -0.25) is 0 Å². The molecule has 6 heteroatoms. The molecular weight excluding hydrogens is 396 g/mol. The Morgan fingerprint density at radius 1 is 1.42 bits per heavy atom. The van der Waals surface area contributed by atoms with E-state index in [-0.39, 0.29) is 0 Å². The van der Waals surface area contributed by atoms with Gasteiger partial charge in [-0.15, -0.1) is 0 Å². The fourth-order valence-electron chi connectivity index (χ4n) is 1.33. The molecule has 19 heavy (non-hydrogen) atoms. The zero-order valence-corrected chi connectivity index (χ0v) is 14.3. The molecule has 0 heterocycles. The van der Waals surface area contributed by atoms with Crippen LogP contribution in [0.5, 0.6) is 5.75 Å². The van der Waals surface area contributed by atoms with Crippen LogP contribution in [0.4, 0.5) is 0 Å². The van der Waals surface area contributed by atoms with E-state index in [1.54, 1.807) is 0 Å². The van der Waals surface area contributed by atoms with Crippen molar-refractivity contribution in [2.24, 2.45) is 0 Å². The number of hydrogen-bond donors (Lipinski definition) is 1. The molecule has 0 aliphatic rings. The van der Waals surface area contributed by atoms with Gasteiger partial charge in [0.25, 0.3) is 0 Å². The van der Waals surface area contributed by atoms with Crippen LogP contribution in [0.2, 0.25) is 0 Å². The van der Waals surface area contributed by atoms with Gasteiger partial charge in [0, 0.05) is 11.8 Å². The van der Waals surface area contributed by atoms with Crippen LogP contribution in [0, 0.1) is 0 Å². The van der Waals surface area contributed by atoms with Crippen molar-refractivity contribution in [3.63, 3.8) is 0 Å². The third-order valence-electron chi connectivity index (χ3n) is 2.12. The van der Waals surface area contributed by atoms with Gasteiger partial charge < -0.3 is 9.84 Å². The molecule has 0 spiro atoms. The zero-order chi connectivity index (χ0) is 14.3.